The Bertz CT molecular complexity index is 370. The van der Waals surface area contributed by atoms with E-state index in [1.54, 1.807) is 6.20 Å². The molecule has 1 unspecified atom stereocenters. The lowest BCUT2D eigenvalue weighted by atomic mass is 10.2. The SMILES string of the molecule is CC(C)NC(C#N)c1cncn1C1CC1. The maximum atomic E-state index is 9.12. The number of aromatic nitrogens is 2. The zero-order valence-corrected chi connectivity index (χ0v) is 9.14. The van der Waals surface area contributed by atoms with E-state index in [1.165, 1.54) is 12.8 Å². The third kappa shape index (κ3) is 2.18. The summed E-state index contributed by atoms with van der Waals surface area (Å²) in [6.45, 7) is 4.09. The minimum atomic E-state index is -0.243. The zero-order chi connectivity index (χ0) is 10.8. The molecular weight excluding hydrogens is 188 g/mol. The Balaban J connectivity index is 2.18. The third-order valence-corrected chi connectivity index (χ3v) is 2.56. The summed E-state index contributed by atoms with van der Waals surface area (Å²) in [6.07, 6.45) is 6.05. The first-order chi connectivity index (χ1) is 7.22. The molecule has 1 aromatic rings. The van der Waals surface area contributed by atoms with Crippen molar-refractivity contribution in [1.82, 2.24) is 14.9 Å². The average molecular weight is 204 g/mol. The van der Waals surface area contributed by atoms with Gasteiger partial charge in [0.25, 0.3) is 0 Å². The Morgan fingerprint density at radius 3 is 2.87 bits per heavy atom. The maximum Gasteiger partial charge on any atom is 0.138 e. The smallest absolute Gasteiger partial charge is 0.138 e. The van der Waals surface area contributed by atoms with Crippen LogP contribution in [0.4, 0.5) is 0 Å². The van der Waals surface area contributed by atoms with Crippen LogP contribution in [-0.2, 0) is 0 Å². The van der Waals surface area contributed by atoms with E-state index in [2.05, 4.69) is 20.9 Å². The Morgan fingerprint density at radius 2 is 2.33 bits per heavy atom. The van der Waals surface area contributed by atoms with Crippen molar-refractivity contribution in [3.63, 3.8) is 0 Å². The number of rotatable bonds is 4. The van der Waals surface area contributed by atoms with E-state index in [-0.39, 0.29) is 6.04 Å². The van der Waals surface area contributed by atoms with Crippen LogP contribution in [0, 0.1) is 11.3 Å². The van der Waals surface area contributed by atoms with Crippen molar-refractivity contribution in [3.05, 3.63) is 18.2 Å². The van der Waals surface area contributed by atoms with Crippen LogP contribution in [0.15, 0.2) is 12.5 Å². The molecule has 1 N–H and O–H groups in total. The fourth-order valence-electron chi connectivity index (χ4n) is 1.72. The minimum Gasteiger partial charge on any atom is -0.329 e. The molecule has 15 heavy (non-hydrogen) atoms. The lowest BCUT2D eigenvalue weighted by molar-refractivity contribution is 0.516. The predicted octanol–water partition coefficient (Wildman–Crippen LogP) is 1.78. The summed E-state index contributed by atoms with van der Waals surface area (Å²) in [7, 11) is 0. The van der Waals surface area contributed by atoms with Crippen LogP contribution in [0.1, 0.15) is 44.5 Å². The highest BCUT2D eigenvalue weighted by molar-refractivity contribution is 5.16. The van der Waals surface area contributed by atoms with E-state index >= 15 is 0 Å². The van der Waals surface area contributed by atoms with Gasteiger partial charge in [0.05, 0.1) is 24.3 Å². The highest BCUT2D eigenvalue weighted by atomic mass is 15.1. The van der Waals surface area contributed by atoms with Crippen LogP contribution in [0.2, 0.25) is 0 Å². The van der Waals surface area contributed by atoms with Gasteiger partial charge in [0.2, 0.25) is 0 Å². The molecule has 1 aliphatic carbocycles. The van der Waals surface area contributed by atoms with Crippen molar-refractivity contribution in [1.29, 1.82) is 5.26 Å². The van der Waals surface area contributed by atoms with Gasteiger partial charge in [-0.2, -0.15) is 5.26 Å². The van der Waals surface area contributed by atoms with Crippen LogP contribution in [0.5, 0.6) is 0 Å². The van der Waals surface area contributed by atoms with Gasteiger partial charge >= 0.3 is 0 Å². The normalized spacial score (nSPS) is 17.7. The average Bonchev–Trinajstić information content (AvgIpc) is 2.93. The number of imidazole rings is 1. The lowest BCUT2D eigenvalue weighted by Crippen LogP contribution is -2.28. The second-order valence-electron chi connectivity index (χ2n) is 4.34. The van der Waals surface area contributed by atoms with Gasteiger partial charge in [0, 0.05) is 12.1 Å². The van der Waals surface area contributed by atoms with Crippen LogP contribution >= 0.6 is 0 Å². The van der Waals surface area contributed by atoms with Gasteiger partial charge in [-0.15, -0.1) is 0 Å². The van der Waals surface area contributed by atoms with Gasteiger partial charge < -0.3 is 4.57 Å². The zero-order valence-electron chi connectivity index (χ0n) is 9.14. The molecule has 0 aliphatic heterocycles. The molecule has 0 aromatic carbocycles. The van der Waals surface area contributed by atoms with E-state index in [9.17, 15) is 0 Å². The molecule has 0 saturated heterocycles. The number of nitrogens with one attached hydrogen (secondary N) is 1. The third-order valence-electron chi connectivity index (χ3n) is 2.56. The summed E-state index contributed by atoms with van der Waals surface area (Å²) in [5.41, 5.74) is 0.994. The Morgan fingerprint density at radius 1 is 1.60 bits per heavy atom. The summed E-state index contributed by atoms with van der Waals surface area (Å²) in [5.74, 6) is 0. The molecular formula is C11H16N4. The molecule has 1 saturated carbocycles. The topological polar surface area (TPSA) is 53.6 Å². The van der Waals surface area contributed by atoms with Crippen molar-refractivity contribution >= 4 is 0 Å². The highest BCUT2D eigenvalue weighted by Crippen LogP contribution is 2.36. The largest absolute Gasteiger partial charge is 0.329 e. The lowest BCUT2D eigenvalue weighted by Gasteiger charge is -2.16. The number of hydrogen-bond donors (Lipinski definition) is 1. The number of nitrogens with zero attached hydrogens (tertiary/aromatic N) is 3. The van der Waals surface area contributed by atoms with Crippen molar-refractivity contribution in [2.75, 3.05) is 0 Å². The van der Waals surface area contributed by atoms with Gasteiger partial charge in [-0.3, -0.25) is 5.32 Å². The monoisotopic (exact) mass is 204 g/mol. The van der Waals surface area contributed by atoms with Gasteiger partial charge in [-0.1, -0.05) is 0 Å². The van der Waals surface area contributed by atoms with E-state index in [4.69, 9.17) is 5.26 Å². The van der Waals surface area contributed by atoms with Crippen LogP contribution in [-0.4, -0.2) is 15.6 Å². The second kappa shape index (κ2) is 4.03. The summed E-state index contributed by atoms with van der Waals surface area (Å²) < 4.78 is 2.13. The van der Waals surface area contributed by atoms with Crippen molar-refractivity contribution in [2.24, 2.45) is 0 Å². The first-order valence-corrected chi connectivity index (χ1v) is 5.39. The first-order valence-electron chi connectivity index (χ1n) is 5.39. The summed E-state index contributed by atoms with van der Waals surface area (Å²) in [5, 5.41) is 12.4. The molecule has 0 spiro atoms. The standard InChI is InChI=1S/C11H16N4/c1-8(2)14-10(5-12)11-6-13-7-15(11)9-3-4-9/h6-10,14H,3-4H2,1-2H3. The van der Waals surface area contributed by atoms with Crippen LogP contribution < -0.4 is 5.32 Å². The summed E-state index contributed by atoms with van der Waals surface area (Å²) in [6, 6.07) is 2.92. The van der Waals surface area contributed by atoms with E-state index in [0.717, 1.165) is 5.69 Å². The van der Waals surface area contributed by atoms with Crippen LogP contribution in [0.3, 0.4) is 0 Å². The molecule has 2 rings (SSSR count). The molecule has 1 aromatic heterocycles. The van der Waals surface area contributed by atoms with E-state index in [0.29, 0.717) is 12.1 Å². The molecule has 1 aliphatic rings. The molecule has 0 bridgehead atoms. The molecule has 4 heteroatoms. The summed E-state index contributed by atoms with van der Waals surface area (Å²) in [4.78, 5) is 4.13. The number of nitriles is 1. The Hall–Kier alpha value is -1.34. The molecule has 1 heterocycles. The number of hydrogen-bond acceptors (Lipinski definition) is 3. The van der Waals surface area contributed by atoms with Crippen LogP contribution in [0.25, 0.3) is 0 Å². The Labute approximate surface area is 89.9 Å². The molecule has 0 radical (unpaired) electrons. The Kier molecular flexibility index (Phi) is 2.74. The fourth-order valence-corrected chi connectivity index (χ4v) is 1.72. The highest BCUT2D eigenvalue weighted by Gasteiger charge is 2.27. The van der Waals surface area contributed by atoms with Gasteiger partial charge in [0.15, 0.2) is 0 Å². The quantitative estimate of drug-likeness (QED) is 0.813. The predicted molar refractivity (Wildman–Crippen MR) is 57.1 cm³/mol. The van der Waals surface area contributed by atoms with Gasteiger partial charge in [-0.25, -0.2) is 4.98 Å². The molecule has 0 amide bonds. The van der Waals surface area contributed by atoms with Crippen molar-refractivity contribution in [3.8, 4) is 6.07 Å². The first kappa shape index (κ1) is 10.2. The van der Waals surface area contributed by atoms with Gasteiger partial charge in [-0.05, 0) is 26.7 Å². The van der Waals surface area contributed by atoms with E-state index in [1.807, 2.05) is 20.2 Å². The minimum absolute atomic E-state index is 0.243. The van der Waals surface area contributed by atoms with Gasteiger partial charge in [0.1, 0.15) is 6.04 Å². The van der Waals surface area contributed by atoms with Crippen molar-refractivity contribution < 1.29 is 0 Å². The maximum absolute atomic E-state index is 9.12. The second-order valence-corrected chi connectivity index (χ2v) is 4.34. The molecule has 80 valence electrons. The van der Waals surface area contributed by atoms with E-state index < -0.39 is 0 Å². The molecule has 1 atom stereocenters. The summed E-state index contributed by atoms with van der Waals surface area (Å²) >= 11 is 0. The molecule has 1 fully saturated rings. The molecule has 4 nitrogen and oxygen atoms in total. The fraction of sp³-hybridized carbons (Fsp3) is 0.636. The van der Waals surface area contributed by atoms with Crippen molar-refractivity contribution in [2.45, 2.75) is 44.8 Å².